The van der Waals surface area contributed by atoms with Gasteiger partial charge < -0.3 is 14.9 Å². The maximum Gasteiger partial charge on any atom is 0.488 e. The van der Waals surface area contributed by atoms with Crippen LogP contribution in [0, 0.1) is 0 Å². The summed E-state index contributed by atoms with van der Waals surface area (Å²) >= 11 is 14.1. The lowest BCUT2D eigenvalue weighted by Crippen LogP contribution is -2.30. The molecule has 0 aromatic heterocycles. The van der Waals surface area contributed by atoms with Crippen LogP contribution in [0.1, 0.15) is 0 Å². The van der Waals surface area contributed by atoms with E-state index in [2.05, 4.69) is 29.2 Å². The fourth-order valence-electron chi connectivity index (χ4n) is 4.18. The van der Waals surface area contributed by atoms with Crippen molar-refractivity contribution in [2.45, 2.75) is 9.79 Å². The first-order chi connectivity index (χ1) is 18.0. The average molecular weight is 542 g/mol. The highest BCUT2D eigenvalue weighted by Crippen LogP contribution is 2.42. The molecule has 0 amide bonds. The lowest BCUT2D eigenvalue weighted by molar-refractivity contribution is 0.425. The molecule has 0 aliphatic heterocycles. The summed E-state index contributed by atoms with van der Waals surface area (Å²) in [5.41, 5.74) is 5.02. The zero-order chi connectivity index (χ0) is 25.8. The number of hydrogen-bond acceptors (Lipinski definition) is 4. The molecule has 0 fully saturated rings. The van der Waals surface area contributed by atoms with E-state index in [0.717, 1.165) is 38.0 Å². The van der Waals surface area contributed by atoms with Crippen molar-refractivity contribution >= 4 is 64.6 Å². The van der Waals surface area contributed by atoms with Crippen LogP contribution in [0.3, 0.4) is 0 Å². The Balaban J connectivity index is 1.71. The van der Waals surface area contributed by atoms with E-state index in [9.17, 15) is 10.0 Å². The van der Waals surface area contributed by atoms with E-state index in [0.29, 0.717) is 15.5 Å². The maximum atomic E-state index is 10.2. The predicted octanol–water partition coefficient (Wildman–Crippen LogP) is 7.96. The van der Waals surface area contributed by atoms with Crippen LogP contribution in [0.4, 0.5) is 17.1 Å². The van der Waals surface area contributed by atoms with Crippen LogP contribution < -0.4 is 10.4 Å². The maximum absolute atomic E-state index is 10.2. The van der Waals surface area contributed by atoms with E-state index < -0.39 is 7.12 Å². The van der Waals surface area contributed by atoms with Crippen LogP contribution in [0.15, 0.2) is 131 Å². The van der Waals surface area contributed by atoms with Crippen LogP contribution >= 0.6 is 35.0 Å². The molecule has 5 rings (SSSR count). The normalized spacial score (nSPS) is 10.8. The van der Waals surface area contributed by atoms with Gasteiger partial charge in [0, 0.05) is 36.8 Å². The molecule has 7 heteroatoms. The van der Waals surface area contributed by atoms with Crippen LogP contribution in [0.5, 0.6) is 0 Å². The minimum absolute atomic E-state index is 0.381. The molecule has 37 heavy (non-hydrogen) atoms. The minimum Gasteiger partial charge on any atom is -0.423 e. The fourth-order valence-corrected chi connectivity index (χ4v) is 5.60. The monoisotopic (exact) mass is 541 g/mol. The molecule has 0 atom stereocenters. The van der Waals surface area contributed by atoms with E-state index >= 15 is 0 Å². The summed E-state index contributed by atoms with van der Waals surface area (Å²) < 4.78 is 0. The highest BCUT2D eigenvalue weighted by atomic mass is 35.5. The number of para-hydroxylation sites is 1. The van der Waals surface area contributed by atoms with Crippen molar-refractivity contribution in [2.24, 2.45) is 0 Å². The number of benzene rings is 5. The Bertz CT molecular complexity index is 1530. The topological polar surface area (TPSA) is 43.7 Å². The zero-order valence-corrected chi connectivity index (χ0v) is 22.0. The number of anilines is 3. The molecule has 0 spiro atoms. The van der Waals surface area contributed by atoms with Crippen molar-refractivity contribution in [2.75, 3.05) is 4.90 Å². The second kappa shape index (κ2) is 11.5. The summed E-state index contributed by atoms with van der Waals surface area (Å²) in [6.45, 7) is 0. The number of rotatable bonds is 7. The second-order valence-electron chi connectivity index (χ2n) is 8.39. The molecule has 0 aliphatic rings. The van der Waals surface area contributed by atoms with Gasteiger partial charge in [-0.05, 0) is 71.7 Å². The summed E-state index contributed by atoms with van der Waals surface area (Å²) in [6.07, 6.45) is 0. The van der Waals surface area contributed by atoms with Crippen LogP contribution in [-0.2, 0) is 0 Å². The summed E-state index contributed by atoms with van der Waals surface area (Å²) in [5.74, 6) is 0. The third kappa shape index (κ3) is 6.04. The van der Waals surface area contributed by atoms with Crippen molar-refractivity contribution in [1.82, 2.24) is 0 Å². The molecular formula is C30H22BCl2NO2S. The molecule has 0 unspecified atom stereocenters. The van der Waals surface area contributed by atoms with Gasteiger partial charge >= 0.3 is 7.12 Å². The van der Waals surface area contributed by atoms with Crippen LogP contribution in [0.2, 0.25) is 10.0 Å². The van der Waals surface area contributed by atoms with Crippen molar-refractivity contribution in [1.29, 1.82) is 0 Å². The number of hydrogen-bond donors (Lipinski definition) is 2. The summed E-state index contributed by atoms with van der Waals surface area (Å²) in [4.78, 5) is 3.87. The van der Waals surface area contributed by atoms with Gasteiger partial charge in [-0.3, -0.25) is 0 Å². The van der Waals surface area contributed by atoms with Crippen molar-refractivity contribution < 1.29 is 10.0 Å². The van der Waals surface area contributed by atoms with Gasteiger partial charge in [0.05, 0.1) is 5.69 Å². The Hall–Kier alpha value is -3.19. The highest BCUT2D eigenvalue weighted by Gasteiger charge is 2.21. The Morgan fingerprint density at radius 1 is 0.595 bits per heavy atom. The molecule has 5 aromatic rings. The molecule has 2 N–H and O–H groups in total. The smallest absolute Gasteiger partial charge is 0.423 e. The summed E-state index contributed by atoms with van der Waals surface area (Å²) in [5, 5.41) is 21.6. The van der Waals surface area contributed by atoms with Crippen molar-refractivity contribution in [3.63, 3.8) is 0 Å². The minimum atomic E-state index is -1.63. The van der Waals surface area contributed by atoms with Gasteiger partial charge in [-0.1, -0.05) is 95.6 Å². The first-order valence-corrected chi connectivity index (χ1v) is 13.2. The van der Waals surface area contributed by atoms with Gasteiger partial charge in [0.2, 0.25) is 0 Å². The van der Waals surface area contributed by atoms with Crippen molar-refractivity contribution in [3.05, 3.63) is 131 Å². The largest absolute Gasteiger partial charge is 0.488 e. The van der Waals surface area contributed by atoms with E-state index in [-0.39, 0.29) is 0 Å². The Morgan fingerprint density at radius 3 is 2.03 bits per heavy atom. The lowest BCUT2D eigenvalue weighted by Gasteiger charge is -2.29. The zero-order valence-electron chi connectivity index (χ0n) is 19.6. The number of halogens is 2. The fraction of sp³-hybridized carbons (Fsp3) is 0. The molecule has 0 bridgehead atoms. The van der Waals surface area contributed by atoms with Crippen LogP contribution in [-0.4, -0.2) is 17.2 Å². The molecule has 0 aliphatic carbocycles. The quantitative estimate of drug-likeness (QED) is 0.205. The molecule has 0 saturated heterocycles. The average Bonchev–Trinajstić information content (AvgIpc) is 2.90. The third-order valence-corrected chi connectivity index (χ3v) is 7.23. The second-order valence-corrected chi connectivity index (χ2v) is 10.4. The number of nitrogens with zero attached hydrogens (tertiary/aromatic N) is 1. The van der Waals surface area contributed by atoms with E-state index in [1.165, 1.54) is 11.8 Å². The molecule has 0 saturated carbocycles. The summed E-state index contributed by atoms with van der Waals surface area (Å²) in [7, 11) is -1.63. The Labute approximate surface area is 231 Å². The third-order valence-electron chi connectivity index (χ3n) is 5.80. The summed E-state index contributed by atoms with van der Waals surface area (Å²) in [6, 6.07) is 39.1. The molecule has 0 radical (unpaired) electrons. The molecule has 5 aromatic carbocycles. The standard InChI is InChI=1S/C30H22BCl2NO2S/c32-23-10-6-12-25(18-23)34(30-15-5-4-14-29(30)21-8-2-1-3-9-21)26-16-22(31(35)36)17-28(20-26)37-27-13-7-11-24(33)19-27/h1-20,35-36H. The van der Waals surface area contributed by atoms with E-state index in [4.69, 9.17) is 23.2 Å². The predicted molar refractivity (Wildman–Crippen MR) is 157 cm³/mol. The van der Waals surface area contributed by atoms with Gasteiger partial charge in [0.25, 0.3) is 0 Å². The molecule has 182 valence electrons. The van der Waals surface area contributed by atoms with E-state index in [1.807, 2.05) is 84.9 Å². The van der Waals surface area contributed by atoms with E-state index in [1.54, 1.807) is 12.1 Å². The first-order valence-electron chi connectivity index (χ1n) is 11.6. The molecule has 0 heterocycles. The van der Waals surface area contributed by atoms with Gasteiger partial charge in [0.15, 0.2) is 0 Å². The van der Waals surface area contributed by atoms with Crippen molar-refractivity contribution in [3.8, 4) is 11.1 Å². The van der Waals surface area contributed by atoms with Gasteiger partial charge in [0.1, 0.15) is 0 Å². The Kier molecular flexibility index (Phi) is 7.89. The van der Waals surface area contributed by atoms with Crippen LogP contribution in [0.25, 0.3) is 11.1 Å². The van der Waals surface area contributed by atoms with Gasteiger partial charge in [-0.15, -0.1) is 0 Å². The lowest BCUT2D eigenvalue weighted by atomic mass is 9.80. The van der Waals surface area contributed by atoms with Gasteiger partial charge in [-0.2, -0.15) is 0 Å². The van der Waals surface area contributed by atoms with Gasteiger partial charge in [-0.25, -0.2) is 0 Å². The molecular weight excluding hydrogens is 520 g/mol. The first kappa shape index (κ1) is 25.5. The Morgan fingerprint density at radius 2 is 1.30 bits per heavy atom. The highest BCUT2D eigenvalue weighted by molar-refractivity contribution is 7.99. The SMILES string of the molecule is OB(O)c1cc(Sc2cccc(Cl)c2)cc(N(c2cccc(Cl)c2)c2ccccc2-c2ccccc2)c1. The molecule has 3 nitrogen and oxygen atoms in total.